The highest BCUT2D eigenvalue weighted by Crippen LogP contribution is 2.29. The predicted molar refractivity (Wildman–Crippen MR) is 67.6 cm³/mol. The molecule has 0 aromatic carbocycles. The molecule has 8 heteroatoms. The Kier molecular flexibility index (Phi) is 5.02. The fourth-order valence-corrected chi connectivity index (χ4v) is 1.55. The number of halogens is 5. The van der Waals surface area contributed by atoms with Crippen LogP contribution in [0.25, 0.3) is 11.1 Å². The lowest BCUT2D eigenvalue weighted by Gasteiger charge is -2.07. The maximum Gasteiger partial charge on any atom is 0.433 e. The van der Waals surface area contributed by atoms with Crippen molar-refractivity contribution in [2.75, 3.05) is 0 Å². The zero-order valence-electron chi connectivity index (χ0n) is 9.99. The number of hydrogen-bond acceptors (Lipinski definition) is 3. The Morgan fingerprint density at radius 3 is 2.30 bits per heavy atom. The van der Waals surface area contributed by atoms with Gasteiger partial charge in [0.2, 0.25) is 5.95 Å². The molecule has 20 heavy (non-hydrogen) atoms. The number of hydrogen-bond donors (Lipinski definition) is 1. The zero-order valence-corrected chi connectivity index (χ0v) is 10.8. The second kappa shape index (κ2) is 6.15. The molecule has 0 saturated carbocycles. The molecule has 2 aromatic heterocycles. The Morgan fingerprint density at radius 2 is 1.80 bits per heavy atom. The van der Waals surface area contributed by atoms with Gasteiger partial charge in [0.1, 0.15) is 5.69 Å². The van der Waals surface area contributed by atoms with E-state index in [-0.39, 0.29) is 19.0 Å². The van der Waals surface area contributed by atoms with Gasteiger partial charge in [-0.05, 0) is 17.7 Å². The third kappa shape index (κ3) is 3.64. The summed E-state index contributed by atoms with van der Waals surface area (Å²) < 4.78 is 50.3. The minimum Gasteiger partial charge on any atom is -0.325 e. The van der Waals surface area contributed by atoms with Crippen LogP contribution >= 0.6 is 12.4 Å². The average molecular weight is 308 g/mol. The van der Waals surface area contributed by atoms with Crippen molar-refractivity contribution < 1.29 is 17.6 Å². The molecule has 0 aliphatic carbocycles. The molecule has 0 bridgehead atoms. The summed E-state index contributed by atoms with van der Waals surface area (Å²) in [5, 5.41) is 0. The van der Waals surface area contributed by atoms with Crippen molar-refractivity contribution >= 4 is 12.4 Å². The minimum absolute atomic E-state index is 0. The van der Waals surface area contributed by atoms with Gasteiger partial charge < -0.3 is 5.73 Å². The van der Waals surface area contributed by atoms with Crippen molar-refractivity contribution in [3.8, 4) is 11.1 Å². The van der Waals surface area contributed by atoms with Crippen LogP contribution in [-0.2, 0) is 12.7 Å². The van der Waals surface area contributed by atoms with Crippen LogP contribution in [-0.4, -0.2) is 9.97 Å². The summed E-state index contributed by atoms with van der Waals surface area (Å²) in [5.41, 5.74) is 5.42. The van der Waals surface area contributed by atoms with Gasteiger partial charge in [0.15, 0.2) is 0 Å². The number of aromatic nitrogens is 2. The molecule has 0 saturated heterocycles. The normalized spacial score (nSPS) is 11.1. The molecule has 0 spiro atoms. The van der Waals surface area contributed by atoms with Gasteiger partial charge >= 0.3 is 6.18 Å². The molecule has 0 aliphatic rings. The van der Waals surface area contributed by atoms with Crippen molar-refractivity contribution in [1.29, 1.82) is 0 Å². The second-order valence-corrected chi connectivity index (χ2v) is 3.80. The predicted octanol–water partition coefficient (Wildman–Crippen LogP) is 3.18. The molecule has 2 rings (SSSR count). The lowest BCUT2D eigenvalue weighted by atomic mass is 10.1. The number of nitrogens with two attached hydrogens (primary N) is 1. The molecule has 2 heterocycles. The Morgan fingerprint density at radius 1 is 1.10 bits per heavy atom. The van der Waals surface area contributed by atoms with Crippen molar-refractivity contribution in [3.05, 3.63) is 47.8 Å². The van der Waals surface area contributed by atoms with Crippen LogP contribution in [0.1, 0.15) is 11.4 Å². The number of nitrogens with zero attached hydrogens (tertiary/aromatic N) is 2. The van der Waals surface area contributed by atoms with E-state index in [1.54, 1.807) is 0 Å². The molecule has 0 aliphatic heterocycles. The van der Waals surface area contributed by atoms with E-state index in [9.17, 15) is 17.6 Å². The van der Waals surface area contributed by atoms with E-state index in [1.807, 2.05) is 0 Å². The van der Waals surface area contributed by atoms with Crippen LogP contribution in [0.3, 0.4) is 0 Å². The highest BCUT2D eigenvalue weighted by Gasteiger charge is 2.32. The number of pyridine rings is 2. The molecule has 3 nitrogen and oxygen atoms in total. The van der Waals surface area contributed by atoms with E-state index in [2.05, 4.69) is 9.97 Å². The quantitative estimate of drug-likeness (QED) is 0.685. The molecule has 0 amide bonds. The van der Waals surface area contributed by atoms with Crippen molar-refractivity contribution in [2.45, 2.75) is 12.7 Å². The highest BCUT2D eigenvalue weighted by molar-refractivity contribution is 5.85. The lowest BCUT2D eigenvalue weighted by molar-refractivity contribution is -0.141. The summed E-state index contributed by atoms with van der Waals surface area (Å²) >= 11 is 0. The smallest absolute Gasteiger partial charge is 0.325 e. The third-order valence-corrected chi connectivity index (χ3v) is 2.44. The third-order valence-electron chi connectivity index (χ3n) is 2.44. The summed E-state index contributed by atoms with van der Waals surface area (Å²) in [7, 11) is 0. The first-order valence-electron chi connectivity index (χ1n) is 5.30. The molecule has 0 radical (unpaired) electrons. The largest absolute Gasteiger partial charge is 0.433 e. The van der Waals surface area contributed by atoms with E-state index >= 15 is 0 Å². The molecule has 2 aromatic rings. The first-order valence-corrected chi connectivity index (χ1v) is 5.30. The molecule has 0 atom stereocenters. The molecule has 108 valence electrons. The Bertz CT molecular complexity index is 584. The first-order chi connectivity index (χ1) is 8.90. The Labute approximate surface area is 118 Å². The Balaban J connectivity index is 0.00000200. The summed E-state index contributed by atoms with van der Waals surface area (Å²) in [5.74, 6) is -0.738. The summed E-state index contributed by atoms with van der Waals surface area (Å²) in [6.45, 7) is 0.0405. The van der Waals surface area contributed by atoms with Crippen LogP contribution in [0.15, 0.2) is 30.5 Å². The van der Waals surface area contributed by atoms with Gasteiger partial charge in [0, 0.05) is 24.4 Å². The fourth-order valence-electron chi connectivity index (χ4n) is 1.55. The maximum atomic E-state index is 13.2. The van der Waals surface area contributed by atoms with Crippen molar-refractivity contribution in [2.24, 2.45) is 5.73 Å². The van der Waals surface area contributed by atoms with Gasteiger partial charge in [-0.25, -0.2) is 4.98 Å². The van der Waals surface area contributed by atoms with Crippen LogP contribution in [0.2, 0.25) is 0 Å². The fraction of sp³-hybridized carbons (Fsp3) is 0.167. The number of alkyl halides is 3. The average Bonchev–Trinajstić information content (AvgIpc) is 2.37. The van der Waals surface area contributed by atoms with Crippen LogP contribution in [0.5, 0.6) is 0 Å². The molecular weight excluding hydrogens is 298 g/mol. The molecular formula is C12H10ClF4N3. The van der Waals surface area contributed by atoms with Gasteiger partial charge in [-0.3, -0.25) is 4.98 Å². The van der Waals surface area contributed by atoms with E-state index < -0.39 is 17.8 Å². The number of rotatable bonds is 2. The zero-order chi connectivity index (χ0) is 14.0. The van der Waals surface area contributed by atoms with Gasteiger partial charge in [-0.15, -0.1) is 12.4 Å². The van der Waals surface area contributed by atoms with Crippen LogP contribution in [0.4, 0.5) is 17.6 Å². The van der Waals surface area contributed by atoms with Crippen LogP contribution in [0, 0.1) is 5.95 Å². The van der Waals surface area contributed by atoms with Gasteiger partial charge in [-0.2, -0.15) is 17.6 Å². The molecule has 0 unspecified atom stereocenters. The van der Waals surface area contributed by atoms with E-state index in [0.717, 1.165) is 18.3 Å². The summed E-state index contributed by atoms with van der Waals surface area (Å²) in [6, 6.07) is 4.69. The van der Waals surface area contributed by atoms with Crippen molar-refractivity contribution in [3.63, 3.8) is 0 Å². The van der Waals surface area contributed by atoms with Gasteiger partial charge in [-0.1, -0.05) is 6.07 Å². The van der Waals surface area contributed by atoms with Gasteiger partial charge in [0.05, 0.1) is 5.69 Å². The lowest BCUT2D eigenvalue weighted by Crippen LogP contribution is -2.07. The van der Waals surface area contributed by atoms with Gasteiger partial charge in [0.25, 0.3) is 0 Å². The first kappa shape index (κ1) is 16.3. The Hall–Kier alpha value is -1.73. The SMILES string of the molecule is Cl.NCc1cc(-c2ccc(C(F)(F)F)nc2)cc(F)n1. The molecule has 0 fully saturated rings. The van der Waals surface area contributed by atoms with E-state index in [4.69, 9.17) is 5.73 Å². The summed E-state index contributed by atoms with van der Waals surface area (Å²) in [4.78, 5) is 6.85. The second-order valence-electron chi connectivity index (χ2n) is 3.80. The maximum absolute atomic E-state index is 13.2. The minimum atomic E-state index is -4.50. The summed E-state index contributed by atoms with van der Waals surface area (Å²) in [6.07, 6.45) is -3.46. The van der Waals surface area contributed by atoms with E-state index in [0.29, 0.717) is 16.8 Å². The molecule has 2 N–H and O–H groups in total. The van der Waals surface area contributed by atoms with E-state index in [1.165, 1.54) is 12.1 Å². The monoisotopic (exact) mass is 307 g/mol. The topological polar surface area (TPSA) is 51.8 Å². The standard InChI is InChI=1S/C12H9F4N3.ClH/c13-11-4-8(3-9(5-17)19-11)7-1-2-10(18-6-7)12(14,15)16;/h1-4,6H,5,17H2;1H. The highest BCUT2D eigenvalue weighted by atomic mass is 35.5. The van der Waals surface area contributed by atoms with Crippen molar-refractivity contribution in [1.82, 2.24) is 9.97 Å². The van der Waals surface area contributed by atoms with Crippen LogP contribution < -0.4 is 5.73 Å².